The van der Waals surface area contributed by atoms with Crippen LogP contribution in [-0.4, -0.2) is 49.9 Å². The maximum atomic E-state index is 13.5. The molecular weight excluding hydrogens is 452 g/mol. The van der Waals surface area contributed by atoms with E-state index in [9.17, 15) is 9.59 Å². The van der Waals surface area contributed by atoms with Crippen molar-refractivity contribution in [3.05, 3.63) is 41.2 Å². The van der Waals surface area contributed by atoms with E-state index in [1.165, 1.54) is 12.8 Å². The van der Waals surface area contributed by atoms with E-state index in [2.05, 4.69) is 54.5 Å². The molecule has 0 bridgehead atoms. The lowest BCUT2D eigenvalue weighted by atomic mass is 9.82. The van der Waals surface area contributed by atoms with Crippen LogP contribution in [0.4, 0.5) is 0 Å². The molecule has 2 aromatic rings. The molecule has 0 aromatic carbocycles. The van der Waals surface area contributed by atoms with Gasteiger partial charge >= 0.3 is 0 Å². The number of nitrogens with zero attached hydrogens (tertiary/aromatic N) is 4. The molecule has 2 aromatic heterocycles. The molecule has 8 nitrogen and oxygen atoms in total. The van der Waals surface area contributed by atoms with Crippen molar-refractivity contribution in [3.8, 4) is 0 Å². The Morgan fingerprint density at radius 2 is 1.97 bits per heavy atom. The summed E-state index contributed by atoms with van der Waals surface area (Å²) in [6, 6.07) is 1.89. The maximum absolute atomic E-state index is 13.5. The minimum atomic E-state index is -0.444. The normalized spacial score (nSPS) is 23.2. The molecule has 0 spiro atoms. The second kappa shape index (κ2) is 8.76. The average molecular weight is 489 g/mol. The van der Waals surface area contributed by atoms with E-state index in [-0.39, 0.29) is 29.4 Å². The first-order chi connectivity index (χ1) is 16.9. The van der Waals surface area contributed by atoms with E-state index in [1.54, 1.807) is 6.20 Å². The zero-order chi connectivity index (χ0) is 25.8. The highest BCUT2D eigenvalue weighted by Gasteiger charge is 2.34. The number of dihydropyridines is 1. The predicted octanol–water partition coefficient (Wildman–Crippen LogP) is 4.07. The number of carbonyl (C=O) groups is 2. The van der Waals surface area contributed by atoms with Crippen molar-refractivity contribution in [1.82, 2.24) is 25.4 Å². The molecule has 0 saturated heterocycles. The molecular formula is C28H36N6O2. The van der Waals surface area contributed by atoms with E-state index in [0.29, 0.717) is 17.2 Å². The van der Waals surface area contributed by atoms with Crippen LogP contribution >= 0.6 is 0 Å². The third kappa shape index (κ3) is 5.05. The maximum Gasteiger partial charge on any atom is 0.254 e. The number of nitrogens with one attached hydrogen (secondary N) is 2. The number of rotatable bonds is 6. The Morgan fingerprint density at radius 1 is 1.22 bits per heavy atom. The lowest BCUT2D eigenvalue weighted by Crippen LogP contribution is -2.53. The zero-order valence-corrected chi connectivity index (χ0v) is 22.1. The summed E-state index contributed by atoms with van der Waals surface area (Å²) in [5.41, 5.74) is 4.50. The lowest BCUT2D eigenvalue weighted by molar-refractivity contribution is -0.120. The molecule has 0 radical (unpaired) electrons. The number of amides is 2. The molecule has 1 saturated carbocycles. The Morgan fingerprint density at radius 3 is 2.64 bits per heavy atom. The molecule has 1 unspecified atom stereocenters. The molecule has 190 valence electrons. The number of hydrogen-bond acceptors (Lipinski definition) is 5. The number of pyridine rings is 1. The fraction of sp³-hybridized carbons (Fsp3) is 0.536. The highest BCUT2D eigenvalue weighted by atomic mass is 16.2. The summed E-state index contributed by atoms with van der Waals surface area (Å²) < 4.78 is 1.94. The van der Waals surface area contributed by atoms with Gasteiger partial charge in [-0.15, -0.1) is 0 Å². The summed E-state index contributed by atoms with van der Waals surface area (Å²) in [6.45, 7) is 13.4. The van der Waals surface area contributed by atoms with Crippen LogP contribution in [0.3, 0.4) is 0 Å². The largest absolute Gasteiger partial charge is 0.351 e. The average Bonchev–Trinajstić information content (AvgIpc) is 3.48. The number of carbonyl (C=O) groups excluding carboxylic acids is 2. The molecule has 5 rings (SSSR count). The molecule has 2 N–H and O–H groups in total. The van der Waals surface area contributed by atoms with Gasteiger partial charge in [0.05, 0.1) is 28.8 Å². The fourth-order valence-electron chi connectivity index (χ4n) is 5.61. The Hall–Kier alpha value is -3.13. The van der Waals surface area contributed by atoms with Crippen molar-refractivity contribution in [1.29, 1.82) is 0 Å². The number of aromatic nitrogens is 3. The van der Waals surface area contributed by atoms with Gasteiger partial charge in [-0.25, -0.2) is 14.7 Å². The Balaban J connectivity index is 1.51. The van der Waals surface area contributed by atoms with E-state index in [0.717, 1.165) is 40.8 Å². The van der Waals surface area contributed by atoms with Gasteiger partial charge in [-0.05, 0) is 84.4 Å². The van der Waals surface area contributed by atoms with Gasteiger partial charge < -0.3 is 10.6 Å². The first kappa shape index (κ1) is 24.6. The number of allylic oxidation sites excluding steroid dienone is 1. The standard InChI is InChI=1S/C28H36N6O2/c1-16-9-17(2)31-26(36)21(16)13-29-25(35)20-10-23(19-11-27(3,4)33-28(5,6)12-19)32-24-22(20)14-30-34(24)15-18-7-8-18/h9-11,14,18,21,33H,7-8,12-13,15H2,1-6H3,(H,29,35). The molecule has 2 aliphatic heterocycles. The van der Waals surface area contributed by atoms with Crippen molar-refractivity contribution in [2.75, 3.05) is 6.54 Å². The summed E-state index contributed by atoms with van der Waals surface area (Å²) in [7, 11) is 0. The zero-order valence-electron chi connectivity index (χ0n) is 22.1. The van der Waals surface area contributed by atoms with E-state index < -0.39 is 5.92 Å². The monoisotopic (exact) mass is 488 g/mol. The second-order valence-corrected chi connectivity index (χ2v) is 11.9. The van der Waals surface area contributed by atoms with Gasteiger partial charge in [0.25, 0.3) is 11.8 Å². The molecule has 8 heteroatoms. The van der Waals surface area contributed by atoms with Crippen molar-refractivity contribution < 1.29 is 9.59 Å². The predicted molar refractivity (Wildman–Crippen MR) is 142 cm³/mol. The highest BCUT2D eigenvalue weighted by molar-refractivity contribution is 6.07. The molecule has 3 aliphatic rings. The smallest absolute Gasteiger partial charge is 0.254 e. The minimum Gasteiger partial charge on any atom is -0.351 e. The summed E-state index contributed by atoms with van der Waals surface area (Å²) in [5.74, 6) is -0.256. The highest BCUT2D eigenvalue weighted by Crippen LogP contribution is 2.35. The molecule has 4 heterocycles. The fourth-order valence-corrected chi connectivity index (χ4v) is 5.61. The number of hydrogen-bond donors (Lipinski definition) is 2. The van der Waals surface area contributed by atoms with Gasteiger partial charge in [-0.3, -0.25) is 9.59 Å². The van der Waals surface area contributed by atoms with Crippen LogP contribution in [0.15, 0.2) is 35.0 Å². The molecule has 2 amide bonds. The van der Waals surface area contributed by atoms with Gasteiger partial charge in [-0.2, -0.15) is 5.10 Å². The first-order valence-electron chi connectivity index (χ1n) is 12.8. The second-order valence-electron chi connectivity index (χ2n) is 11.9. The van der Waals surface area contributed by atoms with Crippen LogP contribution in [0.25, 0.3) is 16.6 Å². The van der Waals surface area contributed by atoms with E-state index in [1.807, 2.05) is 30.7 Å². The Labute approximate surface area is 212 Å². The van der Waals surface area contributed by atoms with Crippen LogP contribution in [0.2, 0.25) is 0 Å². The number of fused-ring (bicyclic) bond motifs is 1. The topological polar surface area (TPSA) is 101 Å². The summed E-state index contributed by atoms with van der Waals surface area (Å²) in [6.07, 6.45) is 9.07. The van der Waals surface area contributed by atoms with E-state index in [4.69, 9.17) is 4.98 Å². The minimum absolute atomic E-state index is 0.106. The summed E-state index contributed by atoms with van der Waals surface area (Å²) >= 11 is 0. The third-order valence-corrected chi connectivity index (χ3v) is 7.18. The quantitative estimate of drug-likeness (QED) is 0.638. The van der Waals surface area contributed by atoms with Crippen molar-refractivity contribution in [3.63, 3.8) is 0 Å². The molecule has 1 fully saturated rings. The lowest BCUT2D eigenvalue weighted by Gasteiger charge is -2.41. The van der Waals surface area contributed by atoms with Crippen LogP contribution in [-0.2, 0) is 11.3 Å². The molecule has 1 aliphatic carbocycles. The van der Waals surface area contributed by atoms with Crippen molar-refractivity contribution in [2.45, 2.75) is 78.4 Å². The van der Waals surface area contributed by atoms with Gasteiger partial charge in [0.2, 0.25) is 0 Å². The van der Waals surface area contributed by atoms with Gasteiger partial charge in [0.1, 0.15) is 0 Å². The summed E-state index contributed by atoms with van der Waals surface area (Å²) in [5, 5.41) is 12.0. The van der Waals surface area contributed by atoms with Gasteiger partial charge in [0, 0.05) is 29.9 Å². The van der Waals surface area contributed by atoms with Crippen molar-refractivity contribution in [2.24, 2.45) is 16.8 Å². The van der Waals surface area contributed by atoms with Gasteiger partial charge in [-0.1, -0.05) is 11.6 Å². The summed E-state index contributed by atoms with van der Waals surface area (Å²) in [4.78, 5) is 35.1. The Kier molecular flexibility index (Phi) is 5.98. The van der Waals surface area contributed by atoms with E-state index >= 15 is 0 Å². The first-order valence-corrected chi connectivity index (χ1v) is 12.8. The van der Waals surface area contributed by atoms with Crippen LogP contribution in [0, 0.1) is 11.8 Å². The molecule has 36 heavy (non-hydrogen) atoms. The van der Waals surface area contributed by atoms with Crippen LogP contribution in [0.5, 0.6) is 0 Å². The van der Waals surface area contributed by atoms with Crippen LogP contribution < -0.4 is 10.6 Å². The SMILES string of the molecule is CC1=CC(C)=NC(=O)C1CNC(=O)c1cc(C2=CC(C)(C)NC(C)(C)C2)nc2c1cnn2CC1CC1. The Bertz CT molecular complexity index is 1340. The molecule has 1 atom stereocenters. The van der Waals surface area contributed by atoms with Gasteiger partial charge in [0.15, 0.2) is 5.65 Å². The third-order valence-electron chi connectivity index (χ3n) is 7.18. The van der Waals surface area contributed by atoms with Crippen LogP contribution in [0.1, 0.15) is 76.9 Å². The number of aliphatic imine (C=N–C) groups is 1. The van der Waals surface area contributed by atoms with Crippen molar-refractivity contribution >= 4 is 34.1 Å².